The molecule has 1 saturated carbocycles. The van der Waals surface area contributed by atoms with Crippen molar-refractivity contribution in [1.82, 2.24) is 4.98 Å². The summed E-state index contributed by atoms with van der Waals surface area (Å²) in [5.74, 6) is 0.946. The fraction of sp³-hybridized carbons (Fsp3) is 0.500. The predicted octanol–water partition coefficient (Wildman–Crippen LogP) is 5.64. The molecule has 1 aromatic heterocycles. The summed E-state index contributed by atoms with van der Waals surface area (Å²) >= 11 is 0. The number of Topliss-reactive ketones (excluding diaryl/α,β-unsaturated/α-hetero) is 1. The molecule has 1 amide bonds. The molecule has 2 fully saturated rings. The van der Waals surface area contributed by atoms with E-state index in [0.29, 0.717) is 17.6 Å². The van der Waals surface area contributed by atoms with E-state index in [1.165, 1.54) is 29.7 Å². The number of rotatable bonds is 7. The van der Waals surface area contributed by atoms with Gasteiger partial charge in [-0.3, -0.25) is 14.6 Å². The van der Waals surface area contributed by atoms with Crippen molar-refractivity contribution in [3.63, 3.8) is 0 Å². The minimum atomic E-state index is -0.0413. The highest BCUT2D eigenvalue weighted by Gasteiger charge is 2.34. The number of nitrogens with one attached hydrogen (secondary N) is 2. The van der Waals surface area contributed by atoms with Gasteiger partial charge < -0.3 is 19.5 Å². The van der Waals surface area contributed by atoms with E-state index < -0.39 is 0 Å². The maximum atomic E-state index is 13.3. The normalized spacial score (nSPS) is 18.2. The van der Waals surface area contributed by atoms with Gasteiger partial charge in [0.25, 0.3) is 5.91 Å². The second-order valence-electron chi connectivity index (χ2n) is 10.6. The average Bonchev–Trinajstić information content (AvgIpc) is 3.59. The van der Waals surface area contributed by atoms with Crippen LogP contribution in [0.15, 0.2) is 46.5 Å². The molecule has 2 aromatic rings. The fourth-order valence-corrected chi connectivity index (χ4v) is 5.43. The second-order valence-corrected chi connectivity index (χ2v) is 10.6. The third-order valence-electron chi connectivity index (χ3n) is 7.57. The first-order valence-electron chi connectivity index (χ1n) is 13.5. The third kappa shape index (κ3) is 6.77. The highest BCUT2D eigenvalue weighted by Crippen LogP contribution is 2.41. The highest BCUT2D eigenvalue weighted by molar-refractivity contribution is 6.06. The minimum Gasteiger partial charge on any atom is -0.495 e. The molecule has 0 radical (unpaired) electrons. The number of para-hydroxylation sites is 1. The summed E-state index contributed by atoms with van der Waals surface area (Å²) in [7, 11) is 1.68. The number of benzene rings is 1. The molecule has 7 heteroatoms. The quantitative estimate of drug-likeness (QED) is 0.377. The lowest BCUT2D eigenvalue weighted by Gasteiger charge is -2.36. The van der Waals surface area contributed by atoms with E-state index >= 15 is 0 Å². The van der Waals surface area contributed by atoms with E-state index in [0.717, 1.165) is 73.4 Å². The van der Waals surface area contributed by atoms with Crippen LogP contribution in [0.4, 0.5) is 5.69 Å². The number of hydrogen-bond donors (Lipinski definition) is 2. The Morgan fingerprint density at radius 1 is 1.05 bits per heavy atom. The minimum absolute atomic E-state index is 0.0413. The molecule has 0 bridgehead atoms. The SMILES string of the molecule is CC1=CCN=C1C.COC(=C1CC1)c1[nH]c2ccccc2c1NC(=O)C[N+]1(CC(C)=O)CCCCCC1. The van der Waals surface area contributed by atoms with Crippen LogP contribution >= 0.6 is 0 Å². The zero-order chi connectivity index (χ0) is 26.4. The van der Waals surface area contributed by atoms with Crippen molar-refractivity contribution in [2.45, 2.75) is 59.3 Å². The number of quaternary nitrogens is 1. The Balaban J connectivity index is 0.000000396. The lowest BCUT2D eigenvalue weighted by atomic mass is 10.2. The van der Waals surface area contributed by atoms with Crippen molar-refractivity contribution >= 4 is 39.8 Å². The van der Waals surface area contributed by atoms with E-state index in [1.54, 1.807) is 14.0 Å². The Labute approximate surface area is 220 Å². The molecule has 3 heterocycles. The lowest BCUT2D eigenvalue weighted by molar-refractivity contribution is -0.912. The summed E-state index contributed by atoms with van der Waals surface area (Å²) in [6, 6.07) is 7.99. The van der Waals surface area contributed by atoms with Crippen LogP contribution in [0.25, 0.3) is 16.7 Å². The number of aromatic nitrogens is 1. The number of fused-ring (bicyclic) bond motifs is 1. The van der Waals surface area contributed by atoms with Gasteiger partial charge in [-0.05, 0) is 69.6 Å². The van der Waals surface area contributed by atoms with Gasteiger partial charge in [-0.15, -0.1) is 0 Å². The van der Waals surface area contributed by atoms with Gasteiger partial charge >= 0.3 is 0 Å². The van der Waals surface area contributed by atoms with E-state index in [2.05, 4.69) is 28.3 Å². The van der Waals surface area contributed by atoms with Gasteiger partial charge in [0.15, 0.2) is 12.3 Å². The van der Waals surface area contributed by atoms with Crippen LogP contribution in [-0.4, -0.2) is 66.7 Å². The molecule has 2 N–H and O–H groups in total. The Bertz CT molecular complexity index is 1220. The van der Waals surface area contributed by atoms with Crippen LogP contribution in [0.1, 0.15) is 65.0 Å². The summed E-state index contributed by atoms with van der Waals surface area (Å²) in [5, 5.41) is 4.16. The number of anilines is 1. The first-order chi connectivity index (χ1) is 17.8. The van der Waals surface area contributed by atoms with Crippen LogP contribution < -0.4 is 5.32 Å². The van der Waals surface area contributed by atoms with Crippen LogP contribution in [-0.2, 0) is 14.3 Å². The van der Waals surface area contributed by atoms with Gasteiger partial charge in [-0.25, -0.2) is 0 Å². The number of allylic oxidation sites excluding steroid dienone is 2. The van der Waals surface area contributed by atoms with Gasteiger partial charge in [0.2, 0.25) is 0 Å². The number of carbonyl (C=O) groups excluding carboxylic acids is 2. The summed E-state index contributed by atoms with van der Waals surface area (Å²) < 4.78 is 6.27. The van der Waals surface area contributed by atoms with Gasteiger partial charge in [0, 0.05) is 23.5 Å². The fourth-order valence-electron chi connectivity index (χ4n) is 5.43. The number of amides is 1. The molecule has 0 atom stereocenters. The molecule has 1 aromatic carbocycles. The predicted molar refractivity (Wildman–Crippen MR) is 151 cm³/mol. The molecule has 3 aliphatic rings. The zero-order valence-corrected chi connectivity index (χ0v) is 22.8. The summed E-state index contributed by atoms with van der Waals surface area (Å²) in [6.45, 7) is 9.21. The molecule has 2 aliphatic heterocycles. The van der Waals surface area contributed by atoms with Crippen LogP contribution in [0.5, 0.6) is 0 Å². The number of carbonyl (C=O) groups is 2. The maximum Gasteiger partial charge on any atom is 0.279 e. The molecule has 0 unspecified atom stereocenters. The van der Waals surface area contributed by atoms with E-state index in [-0.39, 0.29) is 11.7 Å². The molecule has 0 spiro atoms. The number of ketones is 1. The molecule has 5 rings (SSSR count). The number of methoxy groups -OCH3 is 1. The van der Waals surface area contributed by atoms with Gasteiger partial charge in [-0.2, -0.15) is 0 Å². The number of aliphatic imine (C=N–C) groups is 1. The van der Waals surface area contributed by atoms with Crippen LogP contribution in [0, 0.1) is 0 Å². The number of nitrogens with zero attached hydrogens (tertiary/aromatic N) is 2. The molecule has 1 aliphatic carbocycles. The van der Waals surface area contributed by atoms with Crippen molar-refractivity contribution in [1.29, 1.82) is 0 Å². The Kier molecular flexibility index (Phi) is 8.64. The molecule has 7 nitrogen and oxygen atoms in total. The van der Waals surface area contributed by atoms with Gasteiger partial charge in [-0.1, -0.05) is 24.3 Å². The first kappa shape index (κ1) is 26.9. The Morgan fingerprint density at radius 3 is 2.30 bits per heavy atom. The molecule has 1 saturated heterocycles. The highest BCUT2D eigenvalue weighted by atomic mass is 16.5. The van der Waals surface area contributed by atoms with Gasteiger partial charge in [0.05, 0.1) is 32.4 Å². The zero-order valence-electron chi connectivity index (χ0n) is 22.8. The van der Waals surface area contributed by atoms with Crippen molar-refractivity contribution in [3.8, 4) is 0 Å². The first-order valence-corrected chi connectivity index (χ1v) is 13.5. The molecular formula is C30H41N4O3+. The largest absolute Gasteiger partial charge is 0.495 e. The maximum absolute atomic E-state index is 13.3. The number of likely N-dealkylation sites (tertiary alicyclic amines) is 1. The van der Waals surface area contributed by atoms with E-state index in [1.807, 2.05) is 31.2 Å². The summed E-state index contributed by atoms with van der Waals surface area (Å²) in [6.07, 6.45) is 8.69. The van der Waals surface area contributed by atoms with E-state index in [4.69, 9.17) is 4.74 Å². The monoisotopic (exact) mass is 505 g/mol. The van der Waals surface area contributed by atoms with Crippen LogP contribution in [0.2, 0.25) is 0 Å². The van der Waals surface area contributed by atoms with Gasteiger partial charge in [0.1, 0.15) is 18.0 Å². The Morgan fingerprint density at radius 2 is 1.76 bits per heavy atom. The van der Waals surface area contributed by atoms with Crippen molar-refractivity contribution < 1.29 is 18.8 Å². The average molecular weight is 506 g/mol. The second kappa shape index (κ2) is 11.9. The van der Waals surface area contributed by atoms with E-state index in [9.17, 15) is 9.59 Å². The standard InChI is InChI=1S/C24H31N3O3.C6H9N/c1-17(28)15-27(13-7-3-4-8-14-27)16-21(29)26-22-19-9-5-6-10-20(19)25-23(22)24(30-2)18-11-12-18;1-5-3-4-7-6(5)2/h5-6,9-10,25H,3-4,7-8,11-16H2,1-2H3;3H,4H2,1-2H3/p+1. The number of aromatic amines is 1. The van der Waals surface area contributed by atoms with Crippen molar-refractivity contribution in [3.05, 3.63) is 47.2 Å². The lowest BCUT2D eigenvalue weighted by Crippen LogP contribution is -2.55. The molecule has 198 valence electrons. The van der Waals surface area contributed by atoms with Crippen LogP contribution in [0.3, 0.4) is 0 Å². The molecule has 37 heavy (non-hydrogen) atoms. The molecular weight excluding hydrogens is 464 g/mol. The summed E-state index contributed by atoms with van der Waals surface area (Å²) in [5.41, 5.74) is 6.39. The van der Waals surface area contributed by atoms with Crippen molar-refractivity contribution in [2.75, 3.05) is 45.2 Å². The summed E-state index contributed by atoms with van der Waals surface area (Å²) in [4.78, 5) is 32.8. The Hall–Kier alpha value is -3.19. The van der Waals surface area contributed by atoms with Crippen molar-refractivity contribution in [2.24, 2.45) is 4.99 Å². The number of H-pyrrole nitrogens is 1. The topological polar surface area (TPSA) is 83.5 Å². The smallest absolute Gasteiger partial charge is 0.279 e. The number of hydrogen-bond acceptors (Lipinski definition) is 4. The third-order valence-corrected chi connectivity index (χ3v) is 7.57. The number of ether oxygens (including phenoxy) is 1.